The second-order valence-electron chi connectivity index (χ2n) is 5.76. The minimum absolute atomic E-state index is 0. The van der Waals surface area contributed by atoms with Crippen LogP contribution in [0.25, 0.3) is 10.8 Å². The van der Waals surface area contributed by atoms with Crippen LogP contribution in [0.15, 0.2) is 60.3 Å². The van der Waals surface area contributed by atoms with Crippen LogP contribution in [0.3, 0.4) is 0 Å². The van der Waals surface area contributed by atoms with Crippen molar-refractivity contribution in [2.45, 2.75) is 32.7 Å². The second kappa shape index (κ2) is 9.68. The van der Waals surface area contributed by atoms with E-state index in [0.717, 1.165) is 29.2 Å². The zero-order valence-electron chi connectivity index (χ0n) is 14.5. The minimum Gasteiger partial charge on any atom is -0.318 e. The highest BCUT2D eigenvalue weighted by atomic mass is 35.5. The fourth-order valence-electron chi connectivity index (χ4n) is 2.48. The first-order valence-electron chi connectivity index (χ1n) is 8.34. The summed E-state index contributed by atoms with van der Waals surface area (Å²) in [4.78, 5) is 20.8. The normalized spacial score (nSPS) is 11.2. The van der Waals surface area contributed by atoms with E-state index in [0.29, 0.717) is 18.7 Å². The molecule has 3 rings (SSSR count). The molecule has 26 heavy (non-hydrogen) atoms. The lowest BCUT2D eigenvalue weighted by Crippen LogP contribution is -2.14. The highest BCUT2D eigenvalue weighted by Crippen LogP contribution is 2.17. The summed E-state index contributed by atoms with van der Waals surface area (Å²) in [5.41, 5.74) is 1.51. The van der Waals surface area contributed by atoms with Gasteiger partial charge in [-0.05, 0) is 23.3 Å². The molecule has 0 amide bonds. The van der Waals surface area contributed by atoms with E-state index in [-0.39, 0.29) is 18.4 Å². The Labute approximate surface area is 158 Å². The Bertz CT molecular complexity index is 878. The number of unbranched alkanes of at least 4 members (excludes halogenated alkanes) is 1. The molecule has 0 fully saturated rings. The van der Waals surface area contributed by atoms with Gasteiger partial charge >= 0.3 is 5.97 Å². The van der Waals surface area contributed by atoms with Gasteiger partial charge in [0.15, 0.2) is 0 Å². The topological polar surface area (TPSA) is 69.4 Å². The van der Waals surface area contributed by atoms with E-state index in [2.05, 4.69) is 21.3 Å². The lowest BCUT2D eigenvalue weighted by molar-refractivity contribution is -0.143. The maximum absolute atomic E-state index is 11.8. The summed E-state index contributed by atoms with van der Waals surface area (Å²) in [5.74, 6) is -0.321. The van der Waals surface area contributed by atoms with Crippen LogP contribution >= 0.6 is 12.4 Å². The number of oxime groups is 1. The first-order chi connectivity index (χ1) is 12.3. The summed E-state index contributed by atoms with van der Waals surface area (Å²) in [5, 5.41) is 10.5. The van der Waals surface area contributed by atoms with Crippen LogP contribution < -0.4 is 0 Å². The molecule has 0 bridgehead atoms. The van der Waals surface area contributed by atoms with Crippen molar-refractivity contribution >= 4 is 34.9 Å². The van der Waals surface area contributed by atoms with Crippen LogP contribution in [-0.2, 0) is 16.2 Å². The van der Waals surface area contributed by atoms with E-state index in [1.165, 1.54) is 6.33 Å². The molecule has 7 heteroatoms. The molecule has 0 radical (unpaired) electrons. The third kappa shape index (κ3) is 5.13. The monoisotopic (exact) mass is 372 g/mol. The molecule has 0 saturated carbocycles. The molecular weight excluding hydrogens is 352 g/mol. The number of rotatable bonds is 7. The Morgan fingerprint density at radius 2 is 2.00 bits per heavy atom. The summed E-state index contributed by atoms with van der Waals surface area (Å²) in [6, 6.07) is 14.1. The highest BCUT2D eigenvalue weighted by Gasteiger charge is 2.10. The minimum atomic E-state index is -0.321. The number of aromatic nitrogens is 3. The van der Waals surface area contributed by atoms with E-state index in [4.69, 9.17) is 4.84 Å². The summed E-state index contributed by atoms with van der Waals surface area (Å²) < 4.78 is 1.65. The number of benzene rings is 2. The van der Waals surface area contributed by atoms with Crippen molar-refractivity contribution in [2.24, 2.45) is 5.16 Å². The summed E-state index contributed by atoms with van der Waals surface area (Å²) in [6.07, 6.45) is 5.17. The third-order valence-electron chi connectivity index (χ3n) is 3.85. The average Bonchev–Trinajstić information content (AvgIpc) is 3.16. The largest absolute Gasteiger partial charge is 0.335 e. The van der Waals surface area contributed by atoms with Crippen LogP contribution in [0.4, 0.5) is 0 Å². The number of carbonyl (C=O) groups is 1. The lowest BCUT2D eigenvalue weighted by atomic mass is 10.0. The number of hydrogen-bond acceptors (Lipinski definition) is 5. The van der Waals surface area contributed by atoms with Gasteiger partial charge in [0, 0.05) is 12.0 Å². The van der Waals surface area contributed by atoms with Gasteiger partial charge in [-0.1, -0.05) is 54.9 Å². The molecule has 6 nitrogen and oxygen atoms in total. The second-order valence-corrected chi connectivity index (χ2v) is 5.76. The molecule has 0 atom stereocenters. The first-order valence-corrected chi connectivity index (χ1v) is 8.34. The number of halogens is 1. The molecule has 2 aromatic carbocycles. The van der Waals surface area contributed by atoms with Gasteiger partial charge in [0.2, 0.25) is 0 Å². The maximum Gasteiger partial charge on any atom is 0.335 e. The molecular formula is C19H21ClN4O2. The molecule has 0 unspecified atom stereocenters. The summed E-state index contributed by atoms with van der Waals surface area (Å²) in [7, 11) is 0. The number of nitrogens with zero attached hydrogens (tertiary/aromatic N) is 4. The van der Waals surface area contributed by atoms with Gasteiger partial charge in [-0.15, -0.1) is 12.4 Å². The van der Waals surface area contributed by atoms with Crippen molar-refractivity contribution < 1.29 is 9.63 Å². The van der Waals surface area contributed by atoms with Crippen LogP contribution in [0.1, 0.15) is 31.7 Å². The molecule has 0 saturated heterocycles. The molecule has 0 aliphatic heterocycles. The van der Waals surface area contributed by atoms with E-state index < -0.39 is 0 Å². The number of fused-ring (bicyclic) bond motifs is 1. The summed E-state index contributed by atoms with van der Waals surface area (Å²) >= 11 is 0. The zero-order valence-corrected chi connectivity index (χ0v) is 15.4. The van der Waals surface area contributed by atoms with Gasteiger partial charge in [0.1, 0.15) is 18.4 Å². The Hall–Kier alpha value is -2.73. The zero-order chi connectivity index (χ0) is 17.5. The molecule has 0 aliphatic rings. The Morgan fingerprint density at radius 1 is 1.19 bits per heavy atom. The molecule has 0 spiro atoms. The SMILES string of the molecule is CCCCC(=O)O/N=C(\Cn1cncn1)c1ccc2ccccc2c1.Cl. The number of hydrogen-bond donors (Lipinski definition) is 0. The Balaban J connectivity index is 0.00000243. The van der Waals surface area contributed by atoms with Gasteiger partial charge in [0.25, 0.3) is 0 Å². The molecule has 1 aromatic heterocycles. The van der Waals surface area contributed by atoms with Crippen molar-refractivity contribution in [1.29, 1.82) is 0 Å². The maximum atomic E-state index is 11.8. The van der Waals surface area contributed by atoms with Crippen LogP contribution in [0, 0.1) is 0 Å². The van der Waals surface area contributed by atoms with Gasteiger partial charge < -0.3 is 4.84 Å². The number of carbonyl (C=O) groups excluding carboxylic acids is 1. The Kier molecular flexibility index (Phi) is 7.29. The van der Waals surface area contributed by atoms with Gasteiger partial charge in [-0.3, -0.25) is 0 Å². The van der Waals surface area contributed by atoms with Gasteiger partial charge in [-0.2, -0.15) is 5.10 Å². The standard InChI is InChI=1S/C19H20N4O2.ClH/c1-2-3-8-19(24)25-22-18(12-23-14-20-13-21-23)17-10-9-15-6-4-5-7-16(15)11-17;/h4-7,9-11,13-14H,2-3,8,12H2,1H3;1H/b22-18+;. The van der Waals surface area contributed by atoms with Crippen molar-refractivity contribution in [2.75, 3.05) is 0 Å². The van der Waals surface area contributed by atoms with Crippen LogP contribution in [-0.4, -0.2) is 26.4 Å². The van der Waals surface area contributed by atoms with E-state index >= 15 is 0 Å². The van der Waals surface area contributed by atoms with Crippen molar-refractivity contribution in [3.05, 3.63) is 60.7 Å². The van der Waals surface area contributed by atoms with E-state index in [9.17, 15) is 4.79 Å². The van der Waals surface area contributed by atoms with Crippen molar-refractivity contribution in [1.82, 2.24) is 14.8 Å². The molecule has 0 aliphatic carbocycles. The van der Waals surface area contributed by atoms with Crippen molar-refractivity contribution in [3.63, 3.8) is 0 Å². The lowest BCUT2D eigenvalue weighted by Gasteiger charge is -2.08. The Morgan fingerprint density at radius 3 is 2.73 bits per heavy atom. The molecule has 1 heterocycles. The van der Waals surface area contributed by atoms with Gasteiger partial charge in [0.05, 0.1) is 6.54 Å². The fourth-order valence-corrected chi connectivity index (χ4v) is 2.48. The van der Waals surface area contributed by atoms with Gasteiger partial charge in [-0.25, -0.2) is 14.5 Å². The molecule has 136 valence electrons. The average molecular weight is 373 g/mol. The predicted molar refractivity (Wildman–Crippen MR) is 103 cm³/mol. The third-order valence-corrected chi connectivity index (χ3v) is 3.85. The molecule has 0 N–H and O–H groups in total. The summed E-state index contributed by atoms with van der Waals surface area (Å²) in [6.45, 7) is 2.40. The smallest absolute Gasteiger partial charge is 0.318 e. The highest BCUT2D eigenvalue weighted by molar-refractivity contribution is 6.03. The predicted octanol–water partition coefficient (Wildman–Crippen LogP) is 3.99. The van der Waals surface area contributed by atoms with E-state index in [1.807, 2.05) is 43.3 Å². The first kappa shape index (κ1) is 19.6. The molecule has 3 aromatic rings. The van der Waals surface area contributed by atoms with Crippen LogP contribution in [0.2, 0.25) is 0 Å². The van der Waals surface area contributed by atoms with Crippen molar-refractivity contribution in [3.8, 4) is 0 Å². The quantitative estimate of drug-likeness (QED) is 0.357. The van der Waals surface area contributed by atoms with Crippen LogP contribution in [0.5, 0.6) is 0 Å². The fraction of sp³-hybridized carbons (Fsp3) is 0.263. The van der Waals surface area contributed by atoms with E-state index in [1.54, 1.807) is 11.0 Å².